The lowest BCUT2D eigenvalue weighted by Gasteiger charge is -2.25. The van der Waals surface area contributed by atoms with Crippen molar-refractivity contribution in [1.82, 2.24) is 21.3 Å². The summed E-state index contributed by atoms with van der Waals surface area (Å²) < 4.78 is 0. The minimum Gasteiger partial charge on any atom is -0.480 e. The van der Waals surface area contributed by atoms with Gasteiger partial charge in [-0.3, -0.25) is 24.0 Å². The number of nitrogens with one attached hydrogen (secondary N) is 4. The lowest BCUT2D eigenvalue weighted by molar-refractivity contribution is -0.143. The number of aliphatic hydroxyl groups is 1. The fourth-order valence-corrected chi connectivity index (χ4v) is 3.69. The summed E-state index contributed by atoms with van der Waals surface area (Å²) in [6.07, 6.45) is 0.896. The Labute approximate surface area is 238 Å². The molecular weight excluding hydrogens is 538 g/mol. The molecule has 0 saturated heterocycles. The number of hydrogen-bond acceptors (Lipinski definition) is 9. The van der Waals surface area contributed by atoms with Gasteiger partial charge in [-0.25, -0.2) is 4.79 Å². The number of benzene rings is 1. The molecule has 5 atom stereocenters. The van der Waals surface area contributed by atoms with Crippen molar-refractivity contribution in [3.8, 4) is 0 Å². The van der Waals surface area contributed by atoms with Crippen molar-refractivity contribution in [3.05, 3.63) is 35.9 Å². The standard InChI is InChI=1S/C26H41N7O8/c1-15(22(36)33-20(14-34)26(40)41)30-24(38)18(9-5-6-12-27)32-25(39)19(10-11-21(29)35)31-23(37)17(28)13-16-7-3-2-4-8-16/h2-4,7-8,15,17-20,34H,5-6,9-14,27-28H2,1H3,(H2,29,35)(H,30,38)(H,31,37)(H,32,39)(H,33,36)(H,40,41)/t15-,17-,18-,19-,20-/m0/s1. The molecule has 15 heteroatoms. The maximum absolute atomic E-state index is 13.2. The molecule has 41 heavy (non-hydrogen) atoms. The van der Waals surface area contributed by atoms with E-state index >= 15 is 0 Å². The van der Waals surface area contributed by atoms with Crippen molar-refractivity contribution in [2.75, 3.05) is 13.2 Å². The predicted molar refractivity (Wildman–Crippen MR) is 148 cm³/mol. The van der Waals surface area contributed by atoms with Crippen LogP contribution in [0.2, 0.25) is 0 Å². The van der Waals surface area contributed by atoms with Crippen LogP contribution in [-0.4, -0.2) is 89.1 Å². The third-order valence-corrected chi connectivity index (χ3v) is 6.08. The Morgan fingerprint density at radius 1 is 0.805 bits per heavy atom. The summed E-state index contributed by atoms with van der Waals surface area (Å²) in [5, 5.41) is 27.7. The SMILES string of the molecule is C[C@H](NC(=O)[C@H](CCCCN)NC(=O)[C@H](CCC(N)=O)NC(=O)[C@@H](N)Cc1ccccc1)C(=O)N[C@@H](CO)C(=O)O. The monoisotopic (exact) mass is 579 g/mol. The normalized spacial score (nSPS) is 14.4. The lowest BCUT2D eigenvalue weighted by Crippen LogP contribution is -2.58. The number of carboxylic acid groups (broad SMARTS) is 1. The van der Waals surface area contributed by atoms with Crippen molar-refractivity contribution in [2.45, 2.75) is 75.7 Å². The van der Waals surface area contributed by atoms with Crippen LogP contribution in [0.4, 0.5) is 0 Å². The summed E-state index contributed by atoms with van der Waals surface area (Å²) in [4.78, 5) is 73.8. The Bertz CT molecular complexity index is 1040. The van der Waals surface area contributed by atoms with E-state index in [1.54, 1.807) is 24.3 Å². The average molecular weight is 580 g/mol. The molecule has 0 unspecified atom stereocenters. The van der Waals surface area contributed by atoms with Crippen molar-refractivity contribution < 1.29 is 39.0 Å². The van der Waals surface area contributed by atoms with Crippen LogP contribution >= 0.6 is 0 Å². The first-order valence-corrected chi connectivity index (χ1v) is 13.2. The number of hydrogen-bond donors (Lipinski definition) is 9. The van der Waals surface area contributed by atoms with Crippen molar-refractivity contribution >= 4 is 35.5 Å². The van der Waals surface area contributed by atoms with E-state index in [1.807, 2.05) is 6.07 Å². The molecule has 0 aliphatic carbocycles. The third kappa shape index (κ3) is 13.2. The van der Waals surface area contributed by atoms with Crippen LogP contribution < -0.4 is 38.5 Å². The summed E-state index contributed by atoms with van der Waals surface area (Å²) >= 11 is 0. The minimum atomic E-state index is -1.57. The number of unbranched alkanes of at least 4 members (excludes halogenated alkanes) is 1. The highest BCUT2D eigenvalue weighted by atomic mass is 16.4. The molecule has 228 valence electrons. The van der Waals surface area contributed by atoms with Crippen LogP contribution in [0.15, 0.2) is 30.3 Å². The number of carbonyl (C=O) groups excluding carboxylic acids is 5. The molecule has 5 amide bonds. The Kier molecular flexibility index (Phi) is 15.6. The molecule has 12 N–H and O–H groups in total. The molecule has 0 fully saturated rings. The Morgan fingerprint density at radius 2 is 1.37 bits per heavy atom. The highest BCUT2D eigenvalue weighted by Gasteiger charge is 2.30. The first-order valence-electron chi connectivity index (χ1n) is 13.2. The zero-order valence-corrected chi connectivity index (χ0v) is 23.0. The fraction of sp³-hybridized carbons (Fsp3) is 0.538. The predicted octanol–water partition coefficient (Wildman–Crippen LogP) is -3.01. The van der Waals surface area contributed by atoms with Crippen molar-refractivity contribution in [2.24, 2.45) is 17.2 Å². The largest absolute Gasteiger partial charge is 0.480 e. The zero-order valence-electron chi connectivity index (χ0n) is 23.0. The zero-order chi connectivity index (χ0) is 30.9. The molecule has 0 saturated carbocycles. The molecule has 0 spiro atoms. The summed E-state index contributed by atoms with van der Waals surface area (Å²) in [6, 6.07) is 2.79. The van der Waals surface area contributed by atoms with Gasteiger partial charge < -0.3 is 48.7 Å². The highest BCUT2D eigenvalue weighted by Crippen LogP contribution is 2.07. The molecular formula is C26H41N7O8. The van der Waals surface area contributed by atoms with E-state index in [0.717, 1.165) is 5.56 Å². The first kappa shape index (κ1) is 34.9. The van der Waals surface area contributed by atoms with Gasteiger partial charge in [0, 0.05) is 6.42 Å². The van der Waals surface area contributed by atoms with Gasteiger partial charge in [0.15, 0.2) is 0 Å². The molecule has 1 rings (SSSR count). The van der Waals surface area contributed by atoms with Gasteiger partial charge in [-0.15, -0.1) is 0 Å². The molecule has 0 heterocycles. The van der Waals surface area contributed by atoms with Gasteiger partial charge in [0.05, 0.1) is 12.6 Å². The quantitative estimate of drug-likeness (QED) is 0.0749. The van der Waals surface area contributed by atoms with Crippen molar-refractivity contribution in [3.63, 3.8) is 0 Å². The van der Waals surface area contributed by atoms with E-state index in [-0.39, 0.29) is 25.7 Å². The Balaban J connectivity index is 2.98. The topological polar surface area (TPSA) is 269 Å². The van der Waals surface area contributed by atoms with Crippen LogP contribution in [0.25, 0.3) is 0 Å². The maximum Gasteiger partial charge on any atom is 0.328 e. The van der Waals surface area contributed by atoms with E-state index < -0.39 is 72.3 Å². The second-order valence-corrected chi connectivity index (χ2v) is 9.52. The molecule has 0 aromatic heterocycles. The van der Waals surface area contributed by atoms with Crippen molar-refractivity contribution in [1.29, 1.82) is 0 Å². The molecule has 15 nitrogen and oxygen atoms in total. The summed E-state index contributed by atoms with van der Waals surface area (Å²) in [5.41, 5.74) is 17.6. The Hall–Kier alpha value is -4.08. The molecule has 1 aromatic carbocycles. The van der Waals surface area contributed by atoms with Gasteiger partial charge in [0.1, 0.15) is 24.2 Å². The van der Waals surface area contributed by atoms with Crippen LogP contribution in [0.5, 0.6) is 0 Å². The summed E-state index contributed by atoms with van der Waals surface area (Å²) in [5.74, 6) is -5.21. The van der Waals surface area contributed by atoms with E-state index in [4.69, 9.17) is 27.4 Å². The third-order valence-electron chi connectivity index (χ3n) is 6.08. The molecule has 0 aliphatic rings. The van der Waals surface area contributed by atoms with Gasteiger partial charge in [-0.05, 0) is 51.1 Å². The van der Waals surface area contributed by atoms with Crippen LogP contribution in [0.1, 0.15) is 44.6 Å². The average Bonchev–Trinajstić information content (AvgIpc) is 2.93. The number of rotatable bonds is 19. The van der Waals surface area contributed by atoms with Crippen LogP contribution in [0, 0.1) is 0 Å². The highest BCUT2D eigenvalue weighted by molar-refractivity contribution is 5.95. The summed E-state index contributed by atoms with van der Waals surface area (Å²) in [7, 11) is 0. The second-order valence-electron chi connectivity index (χ2n) is 9.52. The number of aliphatic carboxylic acids is 1. The van der Waals surface area contributed by atoms with Crippen LogP contribution in [0.3, 0.4) is 0 Å². The molecule has 0 radical (unpaired) electrons. The number of amides is 5. The minimum absolute atomic E-state index is 0.126. The number of carboxylic acids is 1. The van der Waals surface area contributed by atoms with Gasteiger partial charge in [0.25, 0.3) is 0 Å². The van der Waals surface area contributed by atoms with Crippen LogP contribution in [-0.2, 0) is 35.2 Å². The Morgan fingerprint density at radius 3 is 1.93 bits per heavy atom. The van der Waals surface area contributed by atoms with E-state index in [2.05, 4.69) is 21.3 Å². The number of primary amides is 1. The number of nitrogens with two attached hydrogens (primary N) is 3. The van der Waals surface area contributed by atoms with Gasteiger partial charge >= 0.3 is 5.97 Å². The first-order chi connectivity index (χ1) is 19.4. The number of aliphatic hydroxyl groups excluding tert-OH is 1. The lowest BCUT2D eigenvalue weighted by atomic mass is 10.0. The number of carbonyl (C=O) groups is 6. The molecule has 0 bridgehead atoms. The fourth-order valence-electron chi connectivity index (χ4n) is 3.69. The smallest absolute Gasteiger partial charge is 0.328 e. The second kappa shape index (κ2) is 18.3. The van der Waals surface area contributed by atoms with E-state index in [0.29, 0.717) is 19.4 Å². The van der Waals surface area contributed by atoms with E-state index in [9.17, 15) is 28.8 Å². The van der Waals surface area contributed by atoms with Gasteiger partial charge in [0.2, 0.25) is 29.5 Å². The van der Waals surface area contributed by atoms with Gasteiger partial charge in [-0.2, -0.15) is 0 Å². The maximum atomic E-state index is 13.2. The summed E-state index contributed by atoms with van der Waals surface area (Å²) in [6.45, 7) is 0.772. The van der Waals surface area contributed by atoms with E-state index in [1.165, 1.54) is 6.92 Å². The van der Waals surface area contributed by atoms with Gasteiger partial charge in [-0.1, -0.05) is 30.3 Å². The molecule has 0 aliphatic heterocycles. The molecule has 1 aromatic rings.